The van der Waals surface area contributed by atoms with E-state index >= 15 is 0 Å². The van der Waals surface area contributed by atoms with Gasteiger partial charge in [0, 0.05) is 17.2 Å². The quantitative estimate of drug-likeness (QED) is 0.902. The molecule has 3 nitrogen and oxygen atoms in total. The molecule has 0 spiro atoms. The van der Waals surface area contributed by atoms with Crippen LogP contribution in [0, 0.1) is 5.92 Å². The number of thiophene rings is 1. The van der Waals surface area contributed by atoms with Gasteiger partial charge in [-0.05, 0) is 23.8 Å². The number of likely N-dealkylation sites (tertiary alicyclic amines) is 1. The topological polar surface area (TPSA) is 40.5 Å². The van der Waals surface area contributed by atoms with E-state index in [0.717, 1.165) is 18.7 Å². The molecule has 18 heavy (non-hydrogen) atoms. The van der Waals surface area contributed by atoms with Gasteiger partial charge in [0.1, 0.15) is 0 Å². The standard InChI is InChI=1S/C13H19NO2S2/c1-10-4-5-14(12(10)7-15)13(16)9-17-8-11-3-2-6-18-11/h2-3,6,10,12,15H,4-5,7-9H2,1H3. The fraction of sp³-hybridized carbons (Fsp3) is 0.615. The van der Waals surface area contributed by atoms with Crippen molar-refractivity contribution in [2.45, 2.75) is 25.1 Å². The molecule has 1 aliphatic rings. The average molecular weight is 285 g/mol. The maximum atomic E-state index is 12.1. The van der Waals surface area contributed by atoms with Crippen LogP contribution >= 0.6 is 23.1 Å². The van der Waals surface area contributed by atoms with Crippen LogP contribution in [0.1, 0.15) is 18.2 Å². The van der Waals surface area contributed by atoms with Crippen LogP contribution in [0.4, 0.5) is 0 Å². The van der Waals surface area contributed by atoms with Crippen molar-refractivity contribution in [3.63, 3.8) is 0 Å². The zero-order chi connectivity index (χ0) is 13.0. The molecule has 2 unspecified atom stereocenters. The van der Waals surface area contributed by atoms with Gasteiger partial charge in [0.05, 0.1) is 18.4 Å². The van der Waals surface area contributed by atoms with Gasteiger partial charge in [0.2, 0.25) is 5.91 Å². The van der Waals surface area contributed by atoms with Gasteiger partial charge in [-0.25, -0.2) is 0 Å². The van der Waals surface area contributed by atoms with Crippen molar-refractivity contribution in [3.05, 3.63) is 22.4 Å². The summed E-state index contributed by atoms with van der Waals surface area (Å²) in [6, 6.07) is 4.16. The van der Waals surface area contributed by atoms with E-state index < -0.39 is 0 Å². The molecule has 0 saturated carbocycles. The number of rotatable bonds is 5. The van der Waals surface area contributed by atoms with E-state index in [1.165, 1.54) is 4.88 Å². The Bertz CT molecular complexity index is 380. The average Bonchev–Trinajstić information content (AvgIpc) is 2.98. The number of aliphatic hydroxyl groups is 1. The highest BCUT2D eigenvalue weighted by Crippen LogP contribution is 2.25. The lowest BCUT2D eigenvalue weighted by Gasteiger charge is -2.25. The first-order chi connectivity index (χ1) is 8.72. The number of carbonyl (C=O) groups excluding carboxylic acids is 1. The second-order valence-electron chi connectivity index (χ2n) is 4.68. The molecule has 2 atom stereocenters. The first-order valence-electron chi connectivity index (χ1n) is 6.23. The molecule has 2 rings (SSSR count). The van der Waals surface area contributed by atoms with Crippen LogP contribution in [0.25, 0.3) is 0 Å². The van der Waals surface area contributed by atoms with Crippen molar-refractivity contribution in [2.75, 3.05) is 18.9 Å². The minimum absolute atomic E-state index is 0.0276. The van der Waals surface area contributed by atoms with E-state index in [-0.39, 0.29) is 18.6 Å². The summed E-state index contributed by atoms with van der Waals surface area (Å²) in [5.74, 6) is 2.00. The lowest BCUT2D eigenvalue weighted by atomic mass is 10.0. The lowest BCUT2D eigenvalue weighted by molar-refractivity contribution is -0.130. The molecule has 5 heteroatoms. The van der Waals surface area contributed by atoms with Crippen LogP contribution in [0.2, 0.25) is 0 Å². The number of hydrogen-bond acceptors (Lipinski definition) is 4. The Balaban J connectivity index is 1.77. The molecule has 0 radical (unpaired) electrons. The molecule has 1 fully saturated rings. The van der Waals surface area contributed by atoms with E-state index in [9.17, 15) is 9.90 Å². The van der Waals surface area contributed by atoms with Gasteiger partial charge in [-0.3, -0.25) is 4.79 Å². The van der Waals surface area contributed by atoms with Gasteiger partial charge >= 0.3 is 0 Å². The van der Waals surface area contributed by atoms with Crippen molar-refractivity contribution in [2.24, 2.45) is 5.92 Å². The minimum atomic E-state index is 0.0276. The number of carbonyl (C=O) groups is 1. The molecule has 1 amide bonds. The maximum Gasteiger partial charge on any atom is 0.232 e. The minimum Gasteiger partial charge on any atom is -0.394 e. The normalized spacial score (nSPS) is 23.6. The van der Waals surface area contributed by atoms with Crippen LogP contribution in [-0.4, -0.2) is 40.9 Å². The van der Waals surface area contributed by atoms with Gasteiger partial charge < -0.3 is 10.0 Å². The zero-order valence-electron chi connectivity index (χ0n) is 10.5. The summed E-state index contributed by atoms with van der Waals surface area (Å²) < 4.78 is 0. The van der Waals surface area contributed by atoms with Crippen LogP contribution in [0.3, 0.4) is 0 Å². The Morgan fingerprint density at radius 2 is 2.50 bits per heavy atom. The first-order valence-corrected chi connectivity index (χ1v) is 8.26. The summed E-state index contributed by atoms with van der Waals surface area (Å²) in [5.41, 5.74) is 0. The Kier molecular flexibility index (Phi) is 5.09. The molecular weight excluding hydrogens is 266 g/mol. The summed E-state index contributed by atoms with van der Waals surface area (Å²) >= 11 is 3.38. The molecule has 1 aromatic rings. The molecule has 0 aromatic carbocycles. The van der Waals surface area contributed by atoms with E-state index in [2.05, 4.69) is 18.4 Å². The molecule has 0 bridgehead atoms. The molecule has 1 aliphatic heterocycles. The summed E-state index contributed by atoms with van der Waals surface area (Å²) in [6.45, 7) is 2.99. The monoisotopic (exact) mass is 285 g/mol. The van der Waals surface area contributed by atoms with Gasteiger partial charge in [-0.2, -0.15) is 0 Å². The van der Waals surface area contributed by atoms with Crippen LogP contribution in [0.5, 0.6) is 0 Å². The van der Waals surface area contributed by atoms with Gasteiger partial charge in [-0.1, -0.05) is 13.0 Å². The van der Waals surface area contributed by atoms with Crippen molar-refractivity contribution in [1.82, 2.24) is 4.90 Å². The molecule has 2 heterocycles. The predicted octanol–water partition coefficient (Wildman–Crippen LogP) is 2.21. The summed E-state index contributed by atoms with van der Waals surface area (Å²) in [6.07, 6.45) is 1.01. The number of amides is 1. The number of thioether (sulfide) groups is 1. The lowest BCUT2D eigenvalue weighted by Crippen LogP contribution is -2.40. The van der Waals surface area contributed by atoms with Crippen molar-refractivity contribution in [3.8, 4) is 0 Å². The Labute approximate surface area is 116 Å². The smallest absolute Gasteiger partial charge is 0.232 e. The third-order valence-corrected chi connectivity index (χ3v) is 5.47. The second kappa shape index (κ2) is 6.59. The van der Waals surface area contributed by atoms with Crippen LogP contribution in [-0.2, 0) is 10.5 Å². The summed E-state index contributed by atoms with van der Waals surface area (Å²) in [4.78, 5) is 15.2. The third kappa shape index (κ3) is 3.28. The van der Waals surface area contributed by atoms with Crippen LogP contribution in [0.15, 0.2) is 17.5 Å². The van der Waals surface area contributed by atoms with Gasteiger partial charge in [-0.15, -0.1) is 23.1 Å². The molecule has 0 aliphatic carbocycles. The van der Waals surface area contributed by atoms with Crippen LogP contribution < -0.4 is 0 Å². The Morgan fingerprint density at radius 3 is 3.17 bits per heavy atom. The first kappa shape index (κ1) is 13.9. The molecular formula is C13H19NO2S2. The summed E-state index contributed by atoms with van der Waals surface area (Å²) in [5, 5.41) is 11.4. The van der Waals surface area contributed by atoms with Crippen molar-refractivity contribution < 1.29 is 9.90 Å². The highest BCUT2D eigenvalue weighted by Gasteiger charge is 2.33. The third-order valence-electron chi connectivity index (χ3n) is 3.44. The maximum absolute atomic E-state index is 12.1. The van der Waals surface area contributed by atoms with Gasteiger partial charge in [0.15, 0.2) is 0 Å². The Hall–Kier alpha value is -0.520. The fourth-order valence-corrected chi connectivity index (χ4v) is 4.06. The Morgan fingerprint density at radius 1 is 1.67 bits per heavy atom. The number of nitrogens with zero attached hydrogens (tertiary/aromatic N) is 1. The molecule has 1 aromatic heterocycles. The molecule has 100 valence electrons. The highest BCUT2D eigenvalue weighted by atomic mass is 32.2. The fourth-order valence-electron chi connectivity index (χ4n) is 2.31. The van der Waals surface area contributed by atoms with Crippen molar-refractivity contribution >= 4 is 29.0 Å². The molecule has 1 N–H and O–H groups in total. The largest absolute Gasteiger partial charge is 0.394 e. The highest BCUT2D eigenvalue weighted by molar-refractivity contribution is 7.99. The van der Waals surface area contributed by atoms with E-state index in [4.69, 9.17) is 0 Å². The van der Waals surface area contributed by atoms with Gasteiger partial charge in [0.25, 0.3) is 0 Å². The van der Waals surface area contributed by atoms with E-state index in [1.807, 2.05) is 11.0 Å². The number of aliphatic hydroxyl groups excluding tert-OH is 1. The van der Waals surface area contributed by atoms with Crippen molar-refractivity contribution in [1.29, 1.82) is 0 Å². The summed E-state index contributed by atoms with van der Waals surface area (Å²) in [7, 11) is 0. The second-order valence-corrected chi connectivity index (χ2v) is 6.69. The number of hydrogen-bond donors (Lipinski definition) is 1. The SMILES string of the molecule is CC1CCN(C(=O)CSCc2cccs2)C1CO. The zero-order valence-corrected chi connectivity index (χ0v) is 12.2. The van der Waals surface area contributed by atoms with E-state index in [0.29, 0.717) is 11.7 Å². The predicted molar refractivity (Wildman–Crippen MR) is 76.8 cm³/mol. The molecule has 1 saturated heterocycles. The van der Waals surface area contributed by atoms with E-state index in [1.54, 1.807) is 23.1 Å².